The number of nitrogens with zero attached hydrogens (tertiary/aromatic N) is 1. The van der Waals surface area contributed by atoms with E-state index in [1.54, 1.807) is 6.07 Å². The number of thiazole rings is 1. The molecule has 6 heteroatoms. The van der Waals surface area contributed by atoms with Crippen LogP contribution in [0.25, 0.3) is 20.8 Å². The van der Waals surface area contributed by atoms with E-state index in [1.807, 2.05) is 0 Å². The molecule has 3 nitrogen and oxygen atoms in total. The SMILES string of the molecule is CC(=O)Oc1cccc(F)c1-c1nc2cc(F)ccc2s1. The molecule has 106 valence electrons. The minimum Gasteiger partial charge on any atom is -0.426 e. The van der Waals surface area contributed by atoms with Gasteiger partial charge in [0.1, 0.15) is 22.4 Å². The van der Waals surface area contributed by atoms with Gasteiger partial charge in [-0.1, -0.05) is 6.07 Å². The highest BCUT2D eigenvalue weighted by Gasteiger charge is 2.17. The van der Waals surface area contributed by atoms with Gasteiger partial charge in [-0.2, -0.15) is 0 Å². The molecule has 21 heavy (non-hydrogen) atoms. The minimum atomic E-state index is -0.548. The summed E-state index contributed by atoms with van der Waals surface area (Å²) in [7, 11) is 0. The number of aromatic nitrogens is 1. The third-order valence-corrected chi connectivity index (χ3v) is 3.85. The monoisotopic (exact) mass is 305 g/mol. The third kappa shape index (κ3) is 2.62. The van der Waals surface area contributed by atoms with Crippen LogP contribution >= 0.6 is 11.3 Å². The first-order valence-corrected chi connectivity index (χ1v) is 6.89. The summed E-state index contributed by atoms with van der Waals surface area (Å²) in [6.07, 6.45) is 0. The van der Waals surface area contributed by atoms with Gasteiger partial charge in [-0.25, -0.2) is 13.8 Å². The largest absolute Gasteiger partial charge is 0.426 e. The summed E-state index contributed by atoms with van der Waals surface area (Å²) < 4.78 is 33.0. The van der Waals surface area contributed by atoms with Gasteiger partial charge in [-0.15, -0.1) is 11.3 Å². The Labute approximate surface area is 122 Å². The standard InChI is InChI=1S/C15H9F2NO2S/c1-8(19)20-12-4-2-3-10(17)14(12)15-18-11-7-9(16)5-6-13(11)21-15/h2-7H,1H3. The van der Waals surface area contributed by atoms with Gasteiger partial charge in [0, 0.05) is 13.0 Å². The first-order chi connectivity index (χ1) is 10.0. The van der Waals surface area contributed by atoms with Gasteiger partial charge in [0.15, 0.2) is 0 Å². The number of fused-ring (bicyclic) bond motifs is 1. The van der Waals surface area contributed by atoms with Gasteiger partial charge in [0.2, 0.25) is 0 Å². The molecule has 0 saturated carbocycles. The molecule has 0 fully saturated rings. The Morgan fingerprint density at radius 1 is 1.24 bits per heavy atom. The lowest BCUT2D eigenvalue weighted by atomic mass is 10.2. The number of hydrogen-bond donors (Lipinski definition) is 0. The number of hydrogen-bond acceptors (Lipinski definition) is 4. The molecule has 0 spiro atoms. The quantitative estimate of drug-likeness (QED) is 0.527. The van der Waals surface area contributed by atoms with Crippen molar-refractivity contribution >= 4 is 27.5 Å². The second kappa shape index (κ2) is 5.21. The maximum Gasteiger partial charge on any atom is 0.308 e. The molecule has 0 bridgehead atoms. The van der Waals surface area contributed by atoms with Gasteiger partial charge in [-0.05, 0) is 24.3 Å². The second-order valence-corrected chi connectivity index (χ2v) is 5.37. The van der Waals surface area contributed by atoms with Gasteiger partial charge in [-0.3, -0.25) is 4.79 Å². The number of halogens is 2. The normalized spacial score (nSPS) is 10.8. The topological polar surface area (TPSA) is 39.2 Å². The fraction of sp³-hybridized carbons (Fsp3) is 0.0667. The zero-order valence-corrected chi connectivity index (χ0v) is 11.7. The Bertz CT molecular complexity index is 845. The molecular weight excluding hydrogens is 296 g/mol. The van der Waals surface area contributed by atoms with Crippen LogP contribution in [-0.4, -0.2) is 11.0 Å². The van der Waals surface area contributed by atoms with Gasteiger partial charge in [0.05, 0.1) is 15.8 Å². The van der Waals surface area contributed by atoms with Crippen LogP contribution < -0.4 is 4.74 Å². The predicted molar refractivity (Wildman–Crippen MR) is 76.3 cm³/mol. The van der Waals surface area contributed by atoms with E-state index in [2.05, 4.69) is 4.98 Å². The number of carbonyl (C=O) groups excluding carboxylic acids is 1. The van der Waals surface area contributed by atoms with Crippen LogP contribution in [0, 0.1) is 11.6 Å². The van der Waals surface area contributed by atoms with Crippen molar-refractivity contribution in [1.29, 1.82) is 0 Å². The summed E-state index contributed by atoms with van der Waals surface area (Å²) in [6, 6.07) is 8.38. The van der Waals surface area contributed by atoms with E-state index >= 15 is 0 Å². The molecule has 0 aliphatic rings. The molecule has 2 aromatic carbocycles. The van der Waals surface area contributed by atoms with Crippen molar-refractivity contribution in [2.24, 2.45) is 0 Å². The van der Waals surface area contributed by atoms with E-state index in [9.17, 15) is 13.6 Å². The van der Waals surface area contributed by atoms with Crippen LogP contribution in [0.3, 0.4) is 0 Å². The van der Waals surface area contributed by atoms with Gasteiger partial charge < -0.3 is 4.74 Å². The Hall–Kier alpha value is -2.34. The fourth-order valence-electron chi connectivity index (χ4n) is 1.96. The van der Waals surface area contributed by atoms with Gasteiger partial charge in [0.25, 0.3) is 0 Å². The van der Waals surface area contributed by atoms with Crippen LogP contribution in [0.1, 0.15) is 6.92 Å². The number of carbonyl (C=O) groups is 1. The van der Waals surface area contributed by atoms with Crippen LogP contribution in [0.2, 0.25) is 0 Å². The highest BCUT2D eigenvalue weighted by molar-refractivity contribution is 7.21. The average molecular weight is 305 g/mol. The predicted octanol–water partition coefficient (Wildman–Crippen LogP) is 4.17. The molecule has 0 aliphatic carbocycles. The molecule has 0 aliphatic heterocycles. The number of esters is 1. The van der Waals surface area contributed by atoms with Crippen molar-refractivity contribution in [3.05, 3.63) is 48.0 Å². The molecule has 3 aromatic rings. The first-order valence-electron chi connectivity index (χ1n) is 6.08. The minimum absolute atomic E-state index is 0.0991. The molecule has 3 rings (SSSR count). The van der Waals surface area contributed by atoms with Crippen molar-refractivity contribution in [3.8, 4) is 16.3 Å². The van der Waals surface area contributed by atoms with E-state index in [-0.39, 0.29) is 11.3 Å². The first kappa shape index (κ1) is 13.6. The van der Waals surface area contributed by atoms with Crippen molar-refractivity contribution in [1.82, 2.24) is 4.98 Å². The molecule has 0 radical (unpaired) electrons. The molecule has 0 atom stereocenters. The Kier molecular flexibility index (Phi) is 3.39. The Morgan fingerprint density at radius 2 is 2.05 bits per heavy atom. The average Bonchev–Trinajstić information content (AvgIpc) is 2.80. The molecule has 0 N–H and O–H groups in total. The maximum atomic E-state index is 14.1. The molecule has 0 unspecified atom stereocenters. The third-order valence-electron chi connectivity index (χ3n) is 2.79. The lowest BCUT2D eigenvalue weighted by molar-refractivity contribution is -0.131. The van der Waals surface area contributed by atoms with E-state index in [0.29, 0.717) is 10.5 Å². The summed E-state index contributed by atoms with van der Waals surface area (Å²) >= 11 is 1.21. The van der Waals surface area contributed by atoms with Crippen LogP contribution in [-0.2, 0) is 4.79 Å². The number of benzene rings is 2. The molecule has 1 heterocycles. The highest BCUT2D eigenvalue weighted by atomic mass is 32.1. The van der Waals surface area contributed by atoms with E-state index in [0.717, 1.165) is 4.70 Å². The fourth-order valence-corrected chi connectivity index (χ4v) is 2.96. The highest BCUT2D eigenvalue weighted by Crippen LogP contribution is 2.37. The molecule has 0 saturated heterocycles. The van der Waals surface area contributed by atoms with Crippen LogP contribution in [0.5, 0.6) is 5.75 Å². The Morgan fingerprint density at radius 3 is 2.81 bits per heavy atom. The second-order valence-electron chi connectivity index (χ2n) is 4.34. The maximum absolute atomic E-state index is 14.1. The summed E-state index contributed by atoms with van der Waals surface area (Å²) in [4.78, 5) is 15.3. The summed E-state index contributed by atoms with van der Waals surface area (Å²) in [5, 5.41) is 0.338. The number of rotatable bonds is 2. The summed E-state index contributed by atoms with van der Waals surface area (Å²) in [5.74, 6) is -1.41. The van der Waals surface area contributed by atoms with Gasteiger partial charge >= 0.3 is 5.97 Å². The van der Waals surface area contributed by atoms with Crippen molar-refractivity contribution < 1.29 is 18.3 Å². The summed E-state index contributed by atoms with van der Waals surface area (Å²) in [5.41, 5.74) is 0.543. The lowest BCUT2D eigenvalue weighted by Crippen LogP contribution is -2.03. The molecular formula is C15H9F2NO2S. The van der Waals surface area contributed by atoms with E-state index in [4.69, 9.17) is 4.74 Å². The Balaban J connectivity index is 2.19. The van der Waals surface area contributed by atoms with E-state index in [1.165, 1.54) is 48.6 Å². The smallest absolute Gasteiger partial charge is 0.308 e. The zero-order valence-electron chi connectivity index (χ0n) is 10.9. The molecule has 1 aromatic heterocycles. The van der Waals surface area contributed by atoms with Crippen molar-refractivity contribution in [3.63, 3.8) is 0 Å². The van der Waals surface area contributed by atoms with Crippen LogP contribution in [0.15, 0.2) is 36.4 Å². The van der Waals surface area contributed by atoms with Crippen LogP contribution in [0.4, 0.5) is 8.78 Å². The summed E-state index contributed by atoms with van der Waals surface area (Å²) in [6.45, 7) is 1.24. The number of ether oxygens (including phenoxy) is 1. The molecule has 0 amide bonds. The van der Waals surface area contributed by atoms with Crippen molar-refractivity contribution in [2.45, 2.75) is 6.92 Å². The van der Waals surface area contributed by atoms with Crippen molar-refractivity contribution in [2.75, 3.05) is 0 Å². The van der Waals surface area contributed by atoms with E-state index < -0.39 is 17.6 Å². The zero-order chi connectivity index (χ0) is 15.0. The lowest BCUT2D eigenvalue weighted by Gasteiger charge is -2.07.